The lowest BCUT2D eigenvalue weighted by atomic mass is 9.95. The summed E-state index contributed by atoms with van der Waals surface area (Å²) in [5.74, 6) is -0.573. The summed E-state index contributed by atoms with van der Waals surface area (Å²) in [6.07, 6.45) is -4.52. The molecule has 0 aliphatic heterocycles. The summed E-state index contributed by atoms with van der Waals surface area (Å²) in [5.41, 5.74) is 3.98. The Kier molecular flexibility index (Phi) is 6.19. The van der Waals surface area contributed by atoms with Crippen molar-refractivity contribution < 1.29 is 17.6 Å². The molecule has 0 saturated heterocycles. The topological polar surface area (TPSA) is 89.1 Å². The van der Waals surface area contributed by atoms with Crippen LogP contribution in [0.2, 0.25) is 5.02 Å². The Balaban J connectivity index is 2.00. The molecule has 0 unspecified atom stereocenters. The van der Waals surface area contributed by atoms with Gasteiger partial charge in [0.1, 0.15) is 5.82 Å². The molecule has 0 amide bonds. The number of halogens is 5. The number of alkyl halides is 3. The molecule has 3 aromatic rings. The van der Waals surface area contributed by atoms with Crippen molar-refractivity contribution in [3.63, 3.8) is 0 Å². The monoisotopic (exact) mass is 469 g/mol. The zero-order valence-electron chi connectivity index (χ0n) is 17.4. The number of nitrogens with two attached hydrogens (primary N) is 1. The fourth-order valence-corrected chi connectivity index (χ4v) is 2.98. The smallest absolute Gasteiger partial charge is 0.387 e. The molecule has 0 atom stereocenters. The number of hydrogen-bond acceptors (Lipinski definition) is 3. The lowest BCUT2D eigenvalue weighted by Crippen LogP contribution is -2.29. The van der Waals surface area contributed by atoms with Crippen molar-refractivity contribution in [1.82, 2.24) is 14.8 Å². The standard InChI is InChI=1S/C21H20ClF4N5O/c1-20(2,3)18(27)28-10-11-4-9-14(22)15(16(11)23)17-29-19(32)31(30-17)13-7-5-12(6-8-13)21(24,25)26/h4-9H,10H2,1-3H3,(H2,27,28)(H,29,30,32). The predicted octanol–water partition coefficient (Wildman–Crippen LogP) is 4.94. The fraction of sp³-hybridized carbons (Fsp3) is 0.286. The van der Waals surface area contributed by atoms with Gasteiger partial charge in [-0.3, -0.25) is 9.98 Å². The molecule has 32 heavy (non-hydrogen) atoms. The first kappa shape index (κ1) is 23.5. The molecule has 0 spiro atoms. The molecular formula is C21H20ClF4N5O. The molecule has 3 rings (SSSR count). The third-order valence-electron chi connectivity index (χ3n) is 4.65. The van der Waals surface area contributed by atoms with Gasteiger partial charge < -0.3 is 5.73 Å². The largest absolute Gasteiger partial charge is 0.416 e. The molecule has 3 N–H and O–H groups in total. The SMILES string of the molecule is CC(C)(C)C(N)=NCc1ccc(Cl)c(-c2nn(-c3ccc(C(F)(F)F)cc3)c(=O)[nH]2)c1F. The molecule has 0 saturated carbocycles. The lowest BCUT2D eigenvalue weighted by Gasteiger charge is -2.17. The molecule has 11 heteroatoms. The van der Waals surface area contributed by atoms with E-state index in [2.05, 4.69) is 15.1 Å². The molecule has 0 radical (unpaired) electrons. The minimum atomic E-state index is -4.52. The van der Waals surface area contributed by atoms with Crippen LogP contribution in [0, 0.1) is 11.2 Å². The summed E-state index contributed by atoms with van der Waals surface area (Å²) in [6, 6.07) is 6.71. The quantitative estimate of drug-likeness (QED) is 0.322. The molecule has 170 valence electrons. The van der Waals surface area contributed by atoms with Gasteiger partial charge in [-0.15, -0.1) is 5.10 Å². The van der Waals surface area contributed by atoms with Crippen molar-refractivity contribution in [1.29, 1.82) is 0 Å². The number of nitrogens with zero attached hydrogens (tertiary/aromatic N) is 3. The van der Waals surface area contributed by atoms with E-state index in [0.717, 1.165) is 28.9 Å². The van der Waals surface area contributed by atoms with E-state index < -0.39 is 28.7 Å². The number of amidine groups is 1. The van der Waals surface area contributed by atoms with Crippen molar-refractivity contribution in [3.8, 4) is 17.1 Å². The predicted molar refractivity (Wildman–Crippen MR) is 114 cm³/mol. The van der Waals surface area contributed by atoms with Gasteiger partial charge in [-0.25, -0.2) is 9.18 Å². The number of nitrogens with one attached hydrogen (secondary N) is 1. The average Bonchev–Trinajstić information content (AvgIpc) is 3.07. The third-order valence-corrected chi connectivity index (χ3v) is 4.97. The first-order valence-corrected chi connectivity index (χ1v) is 9.81. The van der Waals surface area contributed by atoms with E-state index in [9.17, 15) is 18.0 Å². The van der Waals surface area contributed by atoms with Gasteiger partial charge in [-0.2, -0.15) is 17.9 Å². The van der Waals surface area contributed by atoms with Crippen LogP contribution in [-0.2, 0) is 12.7 Å². The molecular weight excluding hydrogens is 450 g/mol. The van der Waals surface area contributed by atoms with Crippen molar-refractivity contribution in [2.75, 3.05) is 0 Å². The minimum absolute atomic E-state index is 0.00709. The van der Waals surface area contributed by atoms with Crippen LogP contribution >= 0.6 is 11.6 Å². The summed E-state index contributed by atoms with van der Waals surface area (Å²) >= 11 is 6.15. The van der Waals surface area contributed by atoms with Gasteiger partial charge in [0, 0.05) is 11.0 Å². The highest BCUT2D eigenvalue weighted by molar-refractivity contribution is 6.33. The number of hydrogen-bond donors (Lipinski definition) is 2. The summed E-state index contributed by atoms with van der Waals surface area (Å²) in [6.45, 7) is 5.55. The van der Waals surface area contributed by atoms with Crippen LogP contribution in [0.4, 0.5) is 17.6 Å². The van der Waals surface area contributed by atoms with Gasteiger partial charge >= 0.3 is 11.9 Å². The Morgan fingerprint density at radius 3 is 2.34 bits per heavy atom. The van der Waals surface area contributed by atoms with Crippen LogP contribution < -0.4 is 11.4 Å². The van der Waals surface area contributed by atoms with E-state index in [4.69, 9.17) is 17.3 Å². The third kappa shape index (κ3) is 4.85. The summed E-state index contributed by atoms with van der Waals surface area (Å²) in [5, 5.41) is 4.01. The Morgan fingerprint density at radius 2 is 1.78 bits per heavy atom. The second-order valence-electron chi connectivity index (χ2n) is 8.08. The molecule has 0 bridgehead atoms. The van der Waals surface area contributed by atoms with Crippen molar-refractivity contribution in [2.24, 2.45) is 16.1 Å². The van der Waals surface area contributed by atoms with Crippen LogP contribution in [0.5, 0.6) is 0 Å². The first-order chi connectivity index (χ1) is 14.8. The first-order valence-electron chi connectivity index (χ1n) is 9.43. The Bertz CT molecular complexity index is 1220. The minimum Gasteiger partial charge on any atom is -0.387 e. The lowest BCUT2D eigenvalue weighted by molar-refractivity contribution is -0.137. The Labute approximate surface area is 185 Å². The van der Waals surface area contributed by atoms with E-state index in [1.54, 1.807) is 0 Å². The molecule has 0 aliphatic carbocycles. The molecule has 0 aliphatic rings. The van der Waals surface area contributed by atoms with E-state index in [0.29, 0.717) is 5.84 Å². The van der Waals surface area contributed by atoms with Crippen LogP contribution in [-0.4, -0.2) is 20.6 Å². The zero-order chi connectivity index (χ0) is 23.8. The number of aliphatic imine (C=N–C) groups is 1. The van der Waals surface area contributed by atoms with Crippen LogP contribution in [0.1, 0.15) is 31.9 Å². The second kappa shape index (κ2) is 8.42. The van der Waals surface area contributed by atoms with Gasteiger partial charge in [-0.05, 0) is 30.3 Å². The van der Waals surface area contributed by atoms with Gasteiger partial charge in [-0.1, -0.05) is 38.4 Å². The number of rotatable bonds is 4. The van der Waals surface area contributed by atoms with Gasteiger partial charge in [0.2, 0.25) is 0 Å². The molecule has 6 nitrogen and oxygen atoms in total. The highest BCUT2D eigenvalue weighted by atomic mass is 35.5. The highest BCUT2D eigenvalue weighted by Crippen LogP contribution is 2.31. The number of H-pyrrole nitrogens is 1. The zero-order valence-corrected chi connectivity index (χ0v) is 18.1. The number of aromatic nitrogens is 3. The summed E-state index contributed by atoms with van der Waals surface area (Å²) in [7, 11) is 0. The van der Waals surface area contributed by atoms with Crippen molar-refractivity contribution in [3.05, 3.63) is 68.8 Å². The maximum Gasteiger partial charge on any atom is 0.416 e. The van der Waals surface area contributed by atoms with E-state index in [1.165, 1.54) is 12.1 Å². The maximum atomic E-state index is 15.2. The normalized spacial score (nSPS) is 12.9. The highest BCUT2D eigenvalue weighted by Gasteiger charge is 2.30. The number of aromatic amines is 1. The van der Waals surface area contributed by atoms with Gasteiger partial charge in [0.25, 0.3) is 0 Å². The molecule has 1 heterocycles. The van der Waals surface area contributed by atoms with Crippen molar-refractivity contribution in [2.45, 2.75) is 33.5 Å². The Morgan fingerprint density at radius 1 is 1.16 bits per heavy atom. The number of benzene rings is 2. The summed E-state index contributed by atoms with van der Waals surface area (Å²) in [4.78, 5) is 18.9. The van der Waals surface area contributed by atoms with Crippen LogP contribution in [0.15, 0.2) is 46.2 Å². The fourth-order valence-electron chi connectivity index (χ4n) is 2.75. The maximum absolute atomic E-state index is 15.2. The average molecular weight is 470 g/mol. The van der Waals surface area contributed by atoms with Gasteiger partial charge in [0.15, 0.2) is 5.82 Å². The molecule has 2 aromatic carbocycles. The second-order valence-corrected chi connectivity index (χ2v) is 8.49. The van der Waals surface area contributed by atoms with E-state index in [-0.39, 0.29) is 34.2 Å². The van der Waals surface area contributed by atoms with E-state index in [1.807, 2.05) is 20.8 Å². The molecule has 0 fully saturated rings. The molecule has 1 aromatic heterocycles. The summed E-state index contributed by atoms with van der Waals surface area (Å²) < 4.78 is 54.3. The van der Waals surface area contributed by atoms with Crippen molar-refractivity contribution >= 4 is 17.4 Å². The van der Waals surface area contributed by atoms with Crippen LogP contribution in [0.25, 0.3) is 17.1 Å². The van der Waals surface area contributed by atoms with E-state index >= 15 is 4.39 Å². The Hall–Kier alpha value is -3.14. The van der Waals surface area contributed by atoms with Gasteiger partial charge in [0.05, 0.1) is 34.2 Å². The van der Waals surface area contributed by atoms with Crippen LogP contribution in [0.3, 0.4) is 0 Å².